The average molecular weight is 775 g/mol. The summed E-state index contributed by atoms with van der Waals surface area (Å²) in [5.74, 6) is -3.66. The van der Waals surface area contributed by atoms with E-state index < -0.39 is 55.5 Å². The van der Waals surface area contributed by atoms with Crippen molar-refractivity contribution in [3.05, 3.63) is 142 Å². The van der Waals surface area contributed by atoms with Gasteiger partial charge in [-0.25, -0.2) is 4.90 Å². The first-order valence-electron chi connectivity index (χ1n) is 19.2. The summed E-state index contributed by atoms with van der Waals surface area (Å²) in [5.41, 5.74) is 2.89. The van der Waals surface area contributed by atoms with Crippen LogP contribution < -0.4 is 15.3 Å². The van der Waals surface area contributed by atoms with E-state index in [0.717, 1.165) is 26.4 Å². The molecule has 2 amide bonds. The summed E-state index contributed by atoms with van der Waals surface area (Å²) in [5, 5.41) is 46.8. The third-order valence-electron chi connectivity index (χ3n) is 11.4. The molecule has 6 rings (SSSR count). The first-order valence-corrected chi connectivity index (χ1v) is 21.1. The highest BCUT2D eigenvalue weighted by molar-refractivity contribution is 6.99. The molecule has 1 saturated heterocycles. The number of non-ortho nitro benzene ring substituents is 1. The predicted octanol–water partition coefficient (Wildman–Crippen LogP) is 6.93. The number of aliphatic hydroxyl groups is 2. The lowest BCUT2D eigenvalue weighted by Crippen LogP contribution is -2.66. The fourth-order valence-corrected chi connectivity index (χ4v) is 13.3. The standard InChI is InChI=1S/C45H50N2O8Si/c1-5-30(24-31-14-12-17-35(49)25-31)22-23-40(50)41-32(29-55-56(45(2,3)4,36-18-8-6-9-19-36)37-20-10-7-11-21-37)26-38-42(39(41)28-48)44(52)46(43(38)51)33-15-13-16-34(27-33)47(53)54/h6-21,24-25,27,38-40,42,48-50H,5,22-23,26,28-29H2,1-4H3/b30-24+/t38-,39+,40-,42-/m1/s1. The quantitative estimate of drug-likeness (QED) is 0.0411. The lowest BCUT2D eigenvalue weighted by molar-refractivity contribution is -0.384. The van der Waals surface area contributed by atoms with E-state index in [1.54, 1.807) is 18.2 Å². The highest BCUT2D eigenvalue weighted by atomic mass is 28.4. The zero-order chi connectivity index (χ0) is 40.2. The number of phenols is 1. The van der Waals surface area contributed by atoms with Crippen LogP contribution in [0.25, 0.3) is 6.08 Å². The largest absolute Gasteiger partial charge is 0.508 e. The van der Waals surface area contributed by atoms with Crippen LogP contribution in [0.5, 0.6) is 5.75 Å². The van der Waals surface area contributed by atoms with Crippen molar-refractivity contribution in [2.24, 2.45) is 17.8 Å². The van der Waals surface area contributed by atoms with Gasteiger partial charge in [0.1, 0.15) is 5.75 Å². The number of carbonyl (C=O) groups excluding carboxylic acids is 2. The zero-order valence-electron chi connectivity index (χ0n) is 32.3. The van der Waals surface area contributed by atoms with Crippen molar-refractivity contribution in [2.75, 3.05) is 18.1 Å². The number of nitro groups is 1. The maximum atomic E-state index is 14.3. The molecule has 2 aliphatic rings. The predicted molar refractivity (Wildman–Crippen MR) is 220 cm³/mol. The Labute approximate surface area is 329 Å². The minimum absolute atomic E-state index is 0.0530. The van der Waals surface area contributed by atoms with E-state index >= 15 is 0 Å². The summed E-state index contributed by atoms with van der Waals surface area (Å²) in [6, 6.07) is 32.7. The van der Waals surface area contributed by atoms with Crippen molar-refractivity contribution < 1.29 is 34.3 Å². The van der Waals surface area contributed by atoms with Crippen LogP contribution in [0.4, 0.5) is 11.4 Å². The Balaban J connectivity index is 1.43. The number of phenolic OH excluding ortho intramolecular Hbond substituents is 1. The molecule has 4 atom stereocenters. The van der Waals surface area contributed by atoms with Crippen LogP contribution in [0.3, 0.4) is 0 Å². The molecule has 1 fully saturated rings. The summed E-state index contributed by atoms with van der Waals surface area (Å²) in [4.78, 5) is 40.7. The van der Waals surface area contributed by atoms with Crippen LogP contribution >= 0.6 is 0 Å². The maximum absolute atomic E-state index is 14.3. The Hall–Kier alpha value is -5.20. The Morgan fingerprint density at radius 1 is 0.946 bits per heavy atom. The summed E-state index contributed by atoms with van der Waals surface area (Å²) in [6.45, 7) is 8.07. The molecule has 10 nitrogen and oxygen atoms in total. The van der Waals surface area contributed by atoms with Gasteiger partial charge in [0.05, 0.1) is 41.8 Å². The van der Waals surface area contributed by atoms with Gasteiger partial charge in [0.15, 0.2) is 0 Å². The number of aliphatic hydroxyl groups excluding tert-OH is 2. The van der Waals surface area contributed by atoms with Crippen molar-refractivity contribution in [1.29, 1.82) is 0 Å². The molecule has 0 aromatic heterocycles. The normalized spacial score (nSPS) is 19.6. The molecule has 4 aromatic rings. The maximum Gasteiger partial charge on any atom is 0.271 e. The van der Waals surface area contributed by atoms with Gasteiger partial charge in [-0.2, -0.15) is 0 Å². The van der Waals surface area contributed by atoms with E-state index in [0.29, 0.717) is 24.0 Å². The first-order chi connectivity index (χ1) is 26.8. The fourth-order valence-electron chi connectivity index (χ4n) is 8.73. The third kappa shape index (κ3) is 7.90. The molecule has 1 heterocycles. The van der Waals surface area contributed by atoms with E-state index in [1.807, 2.05) is 55.5 Å². The molecule has 4 aromatic carbocycles. The van der Waals surface area contributed by atoms with Gasteiger partial charge in [0.25, 0.3) is 14.0 Å². The molecule has 0 radical (unpaired) electrons. The van der Waals surface area contributed by atoms with E-state index in [2.05, 4.69) is 45.0 Å². The molecule has 1 aliphatic heterocycles. The Morgan fingerprint density at radius 3 is 2.16 bits per heavy atom. The second-order valence-electron chi connectivity index (χ2n) is 15.7. The Bertz CT molecular complexity index is 2090. The summed E-state index contributed by atoms with van der Waals surface area (Å²) >= 11 is 0. The number of nitro benzene ring substituents is 1. The van der Waals surface area contributed by atoms with Gasteiger partial charge in [-0.1, -0.05) is 118 Å². The molecule has 3 N–H and O–H groups in total. The van der Waals surface area contributed by atoms with Gasteiger partial charge in [-0.3, -0.25) is 19.7 Å². The number of aromatic hydroxyl groups is 1. The van der Waals surface area contributed by atoms with Crippen LogP contribution in [0.15, 0.2) is 126 Å². The zero-order valence-corrected chi connectivity index (χ0v) is 33.3. The monoisotopic (exact) mass is 774 g/mol. The van der Waals surface area contributed by atoms with E-state index in [1.165, 1.54) is 24.3 Å². The summed E-state index contributed by atoms with van der Waals surface area (Å²) in [7, 11) is -3.10. The van der Waals surface area contributed by atoms with Crippen LogP contribution in [-0.2, 0) is 14.0 Å². The fraction of sp³-hybridized carbons (Fsp3) is 0.333. The smallest absolute Gasteiger partial charge is 0.271 e. The Morgan fingerprint density at radius 2 is 1.59 bits per heavy atom. The lowest BCUT2D eigenvalue weighted by Gasteiger charge is -2.44. The van der Waals surface area contributed by atoms with Gasteiger partial charge in [0.2, 0.25) is 11.8 Å². The van der Waals surface area contributed by atoms with Gasteiger partial charge < -0.3 is 19.7 Å². The highest BCUT2D eigenvalue weighted by Crippen LogP contribution is 2.48. The number of hydrogen-bond donors (Lipinski definition) is 3. The van der Waals surface area contributed by atoms with Gasteiger partial charge >= 0.3 is 0 Å². The van der Waals surface area contributed by atoms with E-state index in [4.69, 9.17) is 4.43 Å². The number of allylic oxidation sites excluding steroid dienone is 1. The Kier molecular flexibility index (Phi) is 12.2. The van der Waals surface area contributed by atoms with Crippen LogP contribution in [0.1, 0.15) is 58.9 Å². The van der Waals surface area contributed by atoms with E-state index in [9.17, 15) is 35.0 Å². The van der Waals surface area contributed by atoms with Crippen LogP contribution in [-0.4, -0.2) is 59.7 Å². The second-order valence-corrected chi connectivity index (χ2v) is 20.0. The number of imide groups is 1. The number of benzene rings is 4. The molecule has 56 heavy (non-hydrogen) atoms. The summed E-state index contributed by atoms with van der Waals surface area (Å²) in [6.07, 6.45) is 2.50. The molecular weight excluding hydrogens is 725 g/mol. The number of fused-ring (bicyclic) bond motifs is 1. The number of anilines is 1. The van der Waals surface area contributed by atoms with Crippen molar-refractivity contribution in [3.63, 3.8) is 0 Å². The number of rotatable bonds is 14. The van der Waals surface area contributed by atoms with Crippen molar-refractivity contribution in [3.8, 4) is 5.75 Å². The molecule has 0 bridgehead atoms. The minimum Gasteiger partial charge on any atom is -0.508 e. The molecular formula is C45H50N2O8Si. The molecule has 0 saturated carbocycles. The second kappa shape index (κ2) is 16.9. The molecule has 1 aliphatic carbocycles. The minimum atomic E-state index is -3.10. The van der Waals surface area contributed by atoms with Crippen LogP contribution in [0.2, 0.25) is 5.04 Å². The van der Waals surface area contributed by atoms with Gasteiger partial charge in [-0.15, -0.1) is 0 Å². The molecule has 11 heteroatoms. The topological polar surface area (TPSA) is 150 Å². The average Bonchev–Trinajstić information content (AvgIpc) is 3.44. The molecule has 0 spiro atoms. The van der Waals surface area contributed by atoms with Crippen molar-refractivity contribution >= 4 is 48.0 Å². The number of amides is 2. The van der Waals surface area contributed by atoms with Gasteiger partial charge in [0, 0.05) is 18.1 Å². The van der Waals surface area contributed by atoms with Crippen LogP contribution in [0, 0.1) is 27.9 Å². The third-order valence-corrected chi connectivity index (χ3v) is 16.3. The lowest BCUT2D eigenvalue weighted by atomic mass is 9.68. The molecule has 0 unspecified atom stereocenters. The van der Waals surface area contributed by atoms with E-state index in [-0.39, 0.29) is 41.6 Å². The summed E-state index contributed by atoms with van der Waals surface area (Å²) < 4.78 is 7.35. The van der Waals surface area contributed by atoms with Crippen molar-refractivity contribution in [1.82, 2.24) is 0 Å². The highest BCUT2D eigenvalue weighted by Gasteiger charge is 2.56. The van der Waals surface area contributed by atoms with Crippen molar-refractivity contribution in [2.45, 2.75) is 64.5 Å². The number of hydrogen-bond acceptors (Lipinski definition) is 8. The SMILES string of the molecule is CC/C(=C\c1cccc(O)c1)CC[C@@H](O)C1=C(CO[Si](c2ccccc2)(c2ccccc2)C(C)(C)C)C[C@H]2C(=O)N(c3cccc([N+](=O)[O-])c3)C(=O)[C@H]2[C@H]1CO. The number of nitrogens with zero attached hydrogens (tertiary/aromatic N) is 2. The first kappa shape index (κ1) is 40.5. The van der Waals surface area contributed by atoms with Gasteiger partial charge in [-0.05, 0) is 76.0 Å². The molecule has 292 valence electrons. The number of carbonyl (C=O) groups is 2.